The molecule has 1 aromatic carbocycles. The van der Waals surface area contributed by atoms with Crippen molar-refractivity contribution < 1.29 is 9.53 Å². The van der Waals surface area contributed by atoms with Crippen LogP contribution in [0.15, 0.2) is 36.5 Å². The normalized spacial score (nSPS) is 16.4. The highest BCUT2D eigenvalue weighted by Gasteiger charge is 2.28. The van der Waals surface area contributed by atoms with E-state index in [1.165, 1.54) is 5.56 Å². The van der Waals surface area contributed by atoms with Gasteiger partial charge in [0.15, 0.2) is 0 Å². The predicted molar refractivity (Wildman–Crippen MR) is 113 cm³/mol. The van der Waals surface area contributed by atoms with Crippen LogP contribution in [-0.4, -0.2) is 58.5 Å². The van der Waals surface area contributed by atoms with E-state index in [-0.39, 0.29) is 5.91 Å². The first-order chi connectivity index (χ1) is 14.0. The van der Waals surface area contributed by atoms with Crippen LogP contribution in [0.2, 0.25) is 0 Å². The highest BCUT2D eigenvalue weighted by Crippen LogP contribution is 2.18. The number of nitrogens with zero attached hydrogens (tertiary/aromatic N) is 4. The number of carbonyl (C=O) groups excluding carboxylic acids is 1. The summed E-state index contributed by atoms with van der Waals surface area (Å²) < 4.78 is 5.76. The van der Waals surface area contributed by atoms with Crippen LogP contribution in [-0.2, 0) is 11.3 Å². The maximum atomic E-state index is 12.5. The van der Waals surface area contributed by atoms with Crippen molar-refractivity contribution in [1.29, 1.82) is 0 Å². The Kier molecular flexibility index (Phi) is 7.41. The molecule has 1 aliphatic heterocycles. The van der Waals surface area contributed by atoms with Gasteiger partial charge in [-0.25, -0.2) is 9.97 Å². The minimum atomic E-state index is 0.233. The molecule has 2 heterocycles. The van der Waals surface area contributed by atoms with E-state index in [0.717, 1.165) is 38.1 Å². The fourth-order valence-electron chi connectivity index (χ4n) is 3.60. The molecule has 29 heavy (non-hydrogen) atoms. The van der Waals surface area contributed by atoms with Gasteiger partial charge in [-0.05, 0) is 57.0 Å². The van der Waals surface area contributed by atoms with Crippen LogP contribution in [0.1, 0.15) is 37.1 Å². The van der Waals surface area contributed by atoms with Gasteiger partial charge in [0.2, 0.25) is 5.91 Å². The summed E-state index contributed by atoms with van der Waals surface area (Å²) in [6, 6.07) is 10.1. The van der Waals surface area contributed by atoms with E-state index >= 15 is 0 Å². The first-order valence-electron chi connectivity index (χ1n) is 10.3. The largest absolute Gasteiger partial charge is 0.494 e. The van der Waals surface area contributed by atoms with Crippen LogP contribution in [0.4, 0.5) is 5.82 Å². The van der Waals surface area contributed by atoms with Gasteiger partial charge in [-0.2, -0.15) is 0 Å². The molecule has 1 atom stereocenters. The van der Waals surface area contributed by atoms with Crippen LogP contribution >= 0.6 is 0 Å². The number of nitrogen functional groups attached to an aromatic ring is 1. The predicted octanol–water partition coefficient (Wildman–Crippen LogP) is 2.65. The summed E-state index contributed by atoms with van der Waals surface area (Å²) in [6.45, 7) is 4.90. The quantitative estimate of drug-likeness (QED) is 0.655. The minimum absolute atomic E-state index is 0.233. The number of amides is 1. The summed E-state index contributed by atoms with van der Waals surface area (Å²) >= 11 is 0. The van der Waals surface area contributed by atoms with Crippen LogP contribution < -0.4 is 10.5 Å². The van der Waals surface area contributed by atoms with E-state index in [4.69, 9.17) is 10.5 Å². The fraction of sp³-hybridized carbons (Fsp3) is 0.500. The van der Waals surface area contributed by atoms with Gasteiger partial charge in [-0.15, -0.1) is 0 Å². The number of anilines is 1. The summed E-state index contributed by atoms with van der Waals surface area (Å²) in [7, 11) is 2.05. The lowest BCUT2D eigenvalue weighted by Crippen LogP contribution is -2.36. The summed E-state index contributed by atoms with van der Waals surface area (Å²) in [5.41, 5.74) is 6.91. The second kappa shape index (κ2) is 10.2. The average Bonchev–Trinajstić information content (AvgIpc) is 3.18. The van der Waals surface area contributed by atoms with Gasteiger partial charge >= 0.3 is 0 Å². The van der Waals surface area contributed by atoms with Crippen molar-refractivity contribution in [2.24, 2.45) is 0 Å². The Morgan fingerprint density at radius 2 is 2.21 bits per heavy atom. The Morgan fingerprint density at radius 1 is 1.34 bits per heavy atom. The Bertz CT molecular complexity index is 813. The second-order valence-corrected chi connectivity index (χ2v) is 7.72. The lowest BCUT2D eigenvalue weighted by Gasteiger charge is -2.24. The molecule has 0 unspecified atom stereocenters. The molecule has 3 rings (SSSR count). The van der Waals surface area contributed by atoms with E-state index in [1.807, 2.05) is 30.1 Å². The zero-order valence-corrected chi connectivity index (χ0v) is 17.4. The summed E-state index contributed by atoms with van der Waals surface area (Å²) in [5.74, 6) is 2.33. The van der Waals surface area contributed by atoms with Gasteiger partial charge < -0.3 is 15.4 Å². The molecule has 7 heteroatoms. The second-order valence-electron chi connectivity index (χ2n) is 7.72. The number of hydrogen-bond donors (Lipinski definition) is 1. The molecule has 2 N–H and O–H groups in total. The summed E-state index contributed by atoms with van der Waals surface area (Å²) in [5, 5.41) is 0. The molecule has 0 radical (unpaired) electrons. The number of hydrogen-bond acceptors (Lipinski definition) is 6. The monoisotopic (exact) mass is 397 g/mol. The molecule has 0 spiro atoms. The van der Waals surface area contributed by atoms with Crippen molar-refractivity contribution in [3.63, 3.8) is 0 Å². The van der Waals surface area contributed by atoms with Crippen molar-refractivity contribution in [2.45, 2.75) is 45.2 Å². The van der Waals surface area contributed by atoms with Crippen molar-refractivity contribution in [1.82, 2.24) is 19.8 Å². The number of likely N-dealkylation sites (tertiary alicyclic amines) is 1. The third-order valence-corrected chi connectivity index (χ3v) is 5.30. The maximum Gasteiger partial charge on any atom is 0.222 e. The molecular formula is C22H31N5O2. The third-order valence-electron chi connectivity index (χ3n) is 5.30. The highest BCUT2D eigenvalue weighted by atomic mass is 16.5. The Hall–Kier alpha value is -2.67. The molecule has 0 bridgehead atoms. The molecule has 7 nitrogen and oxygen atoms in total. The molecule has 156 valence electrons. The van der Waals surface area contributed by atoms with Crippen molar-refractivity contribution in [3.05, 3.63) is 47.9 Å². The number of unbranched alkanes of at least 4 members (excludes halogenated alkanes) is 1. The van der Waals surface area contributed by atoms with Crippen LogP contribution in [0.3, 0.4) is 0 Å². The van der Waals surface area contributed by atoms with Gasteiger partial charge in [0.1, 0.15) is 17.4 Å². The third kappa shape index (κ3) is 6.42. The van der Waals surface area contributed by atoms with E-state index in [1.54, 1.807) is 12.3 Å². The smallest absolute Gasteiger partial charge is 0.222 e. The molecule has 1 fully saturated rings. The van der Waals surface area contributed by atoms with Crippen molar-refractivity contribution in [3.8, 4) is 5.75 Å². The van der Waals surface area contributed by atoms with Crippen LogP contribution in [0.25, 0.3) is 0 Å². The van der Waals surface area contributed by atoms with Crippen molar-refractivity contribution in [2.75, 3.05) is 32.5 Å². The zero-order valence-electron chi connectivity index (χ0n) is 17.4. The van der Waals surface area contributed by atoms with Gasteiger partial charge in [0, 0.05) is 31.7 Å². The van der Waals surface area contributed by atoms with Crippen LogP contribution in [0, 0.1) is 6.92 Å². The molecule has 1 amide bonds. The topological polar surface area (TPSA) is 84.6 Å². The summed E-state index contributed by atoms with van der Waals surface area (Å²) in [6.07, 6.45) is 4.95. The number of rotatable bonds is 9. The van der Waals surface area contributed by atoms with E-state index < -0.39 is 0 Å². The van der Waals surface area contributed by atoms with E-state index in [2.05, 4.69) is 27.9 Å². The molecule has 2 aromatic rings. The van der Waals surface area contributed by atoms with Gasteiger partial charge in [-0.3, -0.25) is 9.69 Å². The molecule has 1 saturated heterocycles. The number of aromatic nitrogens is 2. The molecule has 1 aromatic heterocycles. The lowest BCUT2D eigenvalue weighted by molar-refractivity contribution is -0.130. The molecule has 0 aliphatic carbocycles. The number of carbonyl (C=O) groups is 1. The lowest BCUT2D eigenvalue weighted by atomic mass is 10.2. The minimum Gasteiger partial charge on any atom is -0.494 e. The fourth-order valence-corrected chi connectivity index (χ4v) is 3.60. The van der Waals surface area contributed by atoms with Crippen LogP contribution in [0.5, 0.6) is 5.75 Å². The first kappa shape index (κ1) is 21.0. The SMILES string of the molecule is Cc1cccc(OCCCCC(=O)N2CC[C@H](N(C)Cc3nccc(N)n3)C2)c1. The van der Waals surface area contributed by atoms with Gasteiger partial charge in [-0.1, -0.05) is 12.1 Å². The molecule has 1 aliphatic rings. The number of benzene rings is 1. The van der Waals surface area contributed by atoms with Gasteiger partial charge in [0.25, 0.3) is 0 Å². The Labute approximate surface area is 172 Å². The zero-order chi connectivity index (χ0) is 20.6. The van der Waals surface area contributed by atoms with E-state index in [0.29, 0.717) is 37.3 Å². The maximum absolute atomic E-state index is 12.5. The average molecular weight is 398 g/mol. The number of ether oxygens (including phenoxy) is 1. The molecular weight excluding hydrogens is 366 g/mol. The standard InChI is InChI=1S/C22H31N5O2/c1-17-6-5-7-19(14-17)29-13-4-3-8-22(28)27-12-10-18(15-27)26(2)16-21-24-11-9-20(23)25-21/h5-7,9,11,14,18H,3-4,8,10,12-13,15-16H2,1-2H3,(H2,23,24,25)/t18-/m0/s1. The number of nitrogens with two attached hydrogens (primary N) is 1. The number of aryl methyl sites for hydroxylation is 1. The Balaban J connectivity index is 1.34. The summed E-state index contributed by atoms with van der Waals surface area (Å²) in [4.78, 5) is 25.2. The Morgan fingerprint density at radius 3 is 3.00 bits per heavy atom. The van der Waals surface area contributed by atoms with E-state index in [9.17, 15) is 4.79 Å². The number of likely N-dealkylation sites (N-methyl/N-ethyl adjacent to an activating group) is 1. The molecule has 0 saturated carbocycles. The van der Waals surface area contributed by atoms with Gasteiger partial charge in [0.05, 0.1) is 13.2 Å². The first-order valence-corrected chi connectivity index (χ1v) is 10.3. The highest BCUT2D eigenvalue weighted by molar-refractivity contribution is 5.76. The van der Waals surface area contributed by atoms with Crippen molar-refractivity contribution >= 4 is 11.7 Å².